The van der Waals surface area contributed by atoms with E-state index in [0.29, 0.717) is 25.9 Å². The Kier molecular flexibility index (Phi) is 57.5. The van der Waals surface area contributed by atoms with Gasteiger partial charge in [0.15, 0.2) is 0 Å². The number of carbonyl (C=O) groups excluding carboxylic acids is 2. The summed E-state index contributed by atoms with van der Waals surface area (Å²) in [7, 11) is 0. The van der Waals surface area contributed by atoms with E-state index in [1.807, 2.05) is 0 Å². The number of aliphatic hydroxyl groups is 2. The molecule has 0 aliphatic heterocycles. The molecule has 410 valence electrons. The number of aliphatic hydroxyl groups excluding tert-OH is 2. The molecule has 2 atom stereocenters. The minimum Gasteiger partial charge on any atom is -0.465 e. The SMILES string of the molecule is CCCCCC/C=C\C/C=C\CCCCCCCC(=O)OCC/C=C\C/C=C\CCCCCCCCCCCCCCCCC(=O)NC(CO)C(O)CCCCCCCCCCCCCCCCCC. The van der Waals surface area contributed by atoms with Crippen molar-refractivity contribution in [1.29, 1.82) is 0 Å². The maximum atomic E-state index is 12.5. The number of hydrogen-bond acceptors (Lipinski definition) is 5. The molecule has 0 aliphatic carbocycles. The molecular formula is C64H119NO5. The first-order valence-electron chi connectivity index (χ1n) is 30.9. The molecule has 0 aliphatic rings. The number of hydrogen-bond donors (Lipinski definition) is 3. The predicted octanol–water partition coefficient (Wildman–Crippen LogP) is 19.4. The van der Waals surface area contributed by atoms with Gasteiger partial charge in [0.2, 0.25) is 5.91 Å². The highest BCUT2D eigenvalue weighted by atomic mass is 16.5. The molecule has 0 radical (unpaired) electrons. The third kappa shape index (κ3) is 55.1. The Labute approximate surface area is 436 Å². The Bertz CT molecular complexity index is 1180. The highest BCUT2D eigenvalue weighted by Crippen LogP contribution is 2.17. The topological polar surface area (TPSA) is 95.9 Å². The van der Waals surface area contributed by atoms with E-state index in [9.17, 15) is 19.8 Å². The maximum Gasteiger partial charge on any atom is 0.305 e. The number of esters is 1. The third-order valence-corrected chi connectivity index (χ3v) is 14.1. The van der Waals surface area contributed by atoms with Crippen molar-refractivity contribution in [2.24, 2.45) is 0 Å². The van der Waals surface area contributed by atoms with Gasteiger partial charge in [0.1, 0.15) is 0 Å². The summed E-state index contributed by atoms with van der Waals surface area (Å²) in [5.41, 5.74) is 0. The first-order valence-corrected chi connectivity index (χ1v) is 30.9. The molecular weight excluding hydrogens is 863 g/mol. The molecule has 0 aromatic heterocycles. The fourth-order valence-electron chi connectivity index (χ4n) is 9.39. The summed E-state index contributed by atoms with van der Waals surface area (Å²) in [5.74, 6) is -0.0876. The van der Waals surface area contributed by atoms with Crippen molar-refractivity contribution in [3.63, 3.8) is 0 Å². The van der Waals surface area contributed by atoms with Gasteiger partial charge in [-0.1, -0.05) is 281 Å². The van der Waals surface area contributed by atoms with Crippen LogP contribution in [0.25, 0.3) is 0 Å². The molecule has 6 nitrogen and oxygen atoms in total. The zero-order chi connectivity index (χ0) is 50.7. The molecule has 0 bridgehead atoms. The fraction of sp³-hybridized carbons (Fsp3) is 0.844. The monoisotopic (exact) mass is 982 g/mol. The molecule has 3 N–H and O–H groups in total. The van der Waals surface area contributed by atoms with Gasteiger partial charge in [0.25, 0.3) is 0 Å². The standard InChI is InChI=1S/C64H119NO5/c1-3-5-7-9-11-13-15-17-19-28-32-36-40-44-48-52-56-62(67)61(60-66)65-63(68)57-53-49-45-41-37-33-29-26-24-22-21-23-25-27-31-35-39-43-47-51-55-59-70-64(69)58-54-50-46-42-38-34-30-20-18-16-14-12-10-8-6-4-2/h14,16,20,30,35,39,47,51,61-62,66-67H,3-13,15,17-19,21-29,31-34,36-38,40-46,48-50,52-60H2,1-2H3,(H,65,68)/b16-14-,30-20-,39-35-,51-47-. The Hall–Kier alpha value is -2.18. The van der Waals surface area contributed by atoms with Crippen molar-refractivity contribution >= 4 is 11.9 Å². The summed E-state index contributed by atoms with van der Waals surface area (Å²) < 4.78 is 5.41. The summed E-state index contributed by atoms with van der Waals surface area (Å²) in [6, 6.07) is -0.546. The summed E-state index contributed by atoms with van der Waals surface area (Å²) in [4.78, 5) is 24.5. The molecule has 0 fully saturated rings. The third-order valence-electron chi connectivity index (χ3n) is 14.1. The first kappa shape index (κ1) is 67.8. The second-order valence-corrected chi connectivity index (χ2v) is 21.0. The summed E-state index contributed by atoms with van der Waals surface area (Å²) in [6.07, 6.45) is 75.6. The minimum atomic E-state index is -0.669. The van der Waals surface area contributed by atoms with E-state index in [1.54, 1.807) is 0 Å². The second-order valence-electron chi connectivity index (χ2n) is 21.0. The normalized spacial score (nSPS) is 12.9. The smallest absolute Gasteiger partial charge is 0.305 e. The molecule has 0 aromatic rings. The van der Waals surface area contributed by atoms with Gasteiger partial charge in [-0.05, 0) is 77.0 Å². The number of amides is 1. The van der Waals surface area contributed by atoms with Crippen LogP contribution in [-0.2, 0) is 14.3 Å². The average Bonchev–Trinajstić information content (AvgIpc) is 3.36. The molecule has 0 saturated heterocycles. The lowest BCUT2D eigenvalue weighted by atomic mass is 10.0. The summed E-state index contributed by atoms with van der Waals surface area (Å²) >= 11 is 0. The van der Waals surface area contributed by atoms with Gasteiger partial charge in [-0.25, -0.2) is 0 Å². The fourth-order valence-corrected chi connectivity index (χ4v) is 9.39. The van der Waals surface area contributed by atoms with Crippen LogP contribution in [0, 0.1) is 0 Å². The number of carbonyl (C=O) groups is 2. The highest BCUT2D eigenvalue weighted by molar-refractivity contribution is 5.76. The van der Waals surface area contributed by atoms with E-state index in [-0.39, 0.29) is 18.5 Å². The molecule has 6 heteroatoms. The molecule has 70 heavy (non-hydrogen) atoms. The maximum absolute atomic E-state index is 12.5. The molecule has 0 saturated carbocycles. The zero-order valence-electron chi connectivity index (χ0n) is 46.7. The minimum absolute atomic E-state index is 0.0389. The van der Waals surface area contributed by atoms with Gasteiger partial charge in [0.05, 0.1) is 25.4 Å². The molecule has 0 aromatic carbocycles. The molecule has 2 unspecified atom stereocenters. The van der Waals surface area contributed by atoms with E-state index in [1.165, 1.54) is 225 Å². The van der Waals surface area contributed by atoms with Crippen LogP contribution < -0.4 is 5.32 Å². The number of ether oxygens (including phenoxy) is 1. The largest absolute Gasteiger partial charge is 0.465 e. The molecule has 0 heterocycles. The van der Waals surface area contributed by atoms with Crippen molar-refractivity contribution < 1.29 is 24.5 Å². The lowest BCUT2D eigenvalue weighted by Gasteiger charge is -2.22. The van der Waals surface area contributed by atoms with Gasteiger partial charge in [-0.3, -0.25) is 9.59 Å². The molecule has 0 rings (SSSR count). The zero-order valence-corrected chi connectivity index (χ0v) is 46.7. The average molecular weight is 983 g/mol. The predicted molar refractivity (Wildman–Crippen MR) is 306 cm³/mol. The van der Waals surface area contributed by atoms with Crippen LogP contribution in [0.5, 0.6) is 0 Å². The number of unbranched alkanes of at least 4 members (excludes halogenated alkanes) is 38. The van der Waals surface area contributed by atoms with Crippen LogP contribution in [0.3, 0.4) is 0 Å². The first-order chi connectivity index (χ1) is 34.5. The van der Waals surface area contributed by atoms with Crippen molar-refractivity contribution in [3.05, 3.63) is 48.6 Å². The van der Waals surface area contributed by atoms with Crippen LogP contribution >= 0.6 is 0 Å². The van der Waals surface area contributed by atoms with Gasteiger partial charge < -0.3 is 20.3 Å². The Morgan fingerprint density at radius 3 is 1.10 bits per heavy atom. The van der Waals surface area contributed by atoms with Crippen LogP contribution in [0.15, 0.2) is 48.6 Å². The number of allylic oxidation sites excluding steroid dienone is 7. The van der Waals surface area contributed by atoms with Crippen molar-refractivity contribution in [2.45, 2.75) is 334 Å². The van der Waals surface area contributed by atoms with Crippen LogP contribution in [0.2, 0.25) is 0 Å². The van der Waals surface area contributed by atoms with Gasteiger partial charge in [0, 0.05) is 12.8 Å². The van der Waals surface area contributed by atoms with E-state index in [0.717, 1.165) is 64.2 Å². The van der Waals surface area contributed by atoms with E-state index >= 15 is 0 Å². The summed E-state index contributed by atoms with van der Waals surface area (Å²) in [5, 5.41) is 23.3. The van der Waals surface area contributed by atoms with E-state index in [4.69, 9.17) is 4.74 Å². The van der Waals surface area contributed by atoms with Gasteiger partial charge in [-0.15, -0.1) is 0 Å². The lowest BCUT2D eigenvalue weighted by molar-refractivity contribution is -0.143. The van der Waals surface area contributed by atoms with Gasteiger partial charge in [-0.2, -0.15) is 0 Å². The van der Waals surface area contributed by atoms with Crippen LogP contribution in [0.4, 0.5) is 0 Å². The quantitative estimate of drug-likeness (QED) is 0.0321. The second kappa shape index (κ2) is 59.4. The Balaban J connectivity index is 3.46. The Morgan fingerprint density at radius 2 is 0.714 bits per heavy atom. The van der Waals surface area contributed by atoms with Crippen molar-refractivity contribution in [2.75, 3.05) is 13.2 Å². The molecule has 1 amide bonds. The van der Waals surface area contributed by atoms with E-state index < -0.39 is 12.1 Å². The van der Waals surface area contributed by atoms with Crippen LogP contribution in [0.1, 0.15) is 322 Å². The highest BCUT2D eigenvalue weighted by Gasteiger charge is 2.20. The summed E-state index contributed by atoms with van der Waals surface area (Å²) in [6.45, 7) is 4.83. The lowest BCUT2D eigenvalue weighted by Crippen LogP contribution is -2.45. The Morgan fingerprint density at radius 1 is 0.400 bits per heavy atom. The van der Waals surface area contributed by atoms with Crippen molar-refractivity contribution in [1.82, 2.24) is 5.32 Å². The van der Waals surface area contributed by atoms with Gasteiger partial charge >= 0.3 is 5.97 Å². The van der Waals surface area contributed by atoms with Crippen LogP contribution in [-0.4, -0.2) is 47.4 Å². The van der Waals surface area contributed by atoms with E-state index in [2.05, 4.69) is 67.8 Å². The van der Waals surface area contributed by atoms with Crippen molar-refractivity contribution in [3.8, 4) is 0 Å². The number of rotatable bonds is 57. The molecule has 0 spiro atoms. The number of nitrogens with one attached hydrogen (secondary N) is 1.